The Labute approximate surface area is 152 Å². The van der Waals surface area contributed by atoms with Crippen molar-refractivity contribution in [2.24, 2.45) is 0 Å². The molecule has 1 aliphatic heterocycles. The zero-order chi connectivity index (χ0) is 17.5. The highest BCUT2D eigenvalue weighted by Crippen LogP contribution is 2.12. The molecule has 0 saturated carbocycles. The zero-order valence-electron chi connectivity index (χ0n) is 14.6. The summed E-state index contributed by atoms with van der Waals surface area (Å²) in [6, 6.07) is 4.12. The SMILES string of the molecule is Cc1ncsc1CCNC(=O)N1CCCN(Cc2cccnc2)CC1. The number of carbonyl (C=O) groups excluding carboxylic acids is 1. The Morgan fingerprint density at radius 3 is 3.00 bits per heavy atom. The van der Waals surface area contributed by atoms with Crippen LogP contribution in [-0.4, -0.2) is 58.5 Å². The number of thiazole rings is 1. The summed E-state index contributed by atoms with van der Waals surface area (Å²) in [5, 5.41) is 3.05. The van der Waals surface area contributed by atoms with Gasteiger partial charge in [0.15, 0.2) is 0 Å². The largest absolute Gasteiger partial charge is 0.338 e. The summed E-state index contributed by atoms with van der Waals surface area (Å²) in [6.45, 7) is 7.07. The van der Waals surface area contributed by atoms with Crippen LogP contribution in [0.2, 0.25) is 0 Å². The summed E-state index contributed by atoms with van der Waals surface area (Å²) in [7, 11) is 0. The Kier molecular flexibility index (Phi) is 6.36. The summed E-state index contributed by atoms with van der Waals surface area (Å²) >= 11 is 1.65. The van der Waals surface area contributed by atoms with Crippen molar-refractivity contribution in [3.05, 3.63) is 46.2 Å². The number of rotatable bonds is 5. The standard InChI is InChI=1S/C18H25N5OS/c1-15-17(25-14-21-15)5-7-20-18(24)23-9-3-8-22(10-11-23)13-16-4-2-6-19-12-16/h2,4,6,12,14H,3,5,7-11,13H2,1H3,(H,20,24). The third kappa shape index (κ3) is 5.24. The van der Waals surface area contributed by atoms with E-state index < -0.39 is 0 Å². The number of urea groups is 1. The molecule has 2 aromatic heterocycles. The minimum atomic E-state index is 0.0467. The van der Waals surface area contributed by atoms with Crippen LogP contribution in [0.3, 0.4) is 0 Å². The predicted molar refractivity (Wildman–Crippen MR) is 99.7 cm³/mol. The van der Waals surface area contributed by atoms with Gasteiger partial charge in [0.2, 0.25) is 0 Å². The topological polar surface area (TPSA) is 61.4 Å². The minimum absolute atomic E-state index is 0.0467. The number of amides is 2. The summed E-state index contributed by atoms with van der Waals surface area (Å²) in [4.78, 5) is 26.4. The molecule has 1 fully saturated rings. The lowest BCUT2D eigenvalue weighted by molar-refractivity contribution is 0.198. The lowest BCUT2D eigenvalue weighted by atomic mass is 10.2. The molecule has 0 unspecified atom stereocenters. The lowest BCUT2D eigenvalue weighted by Crippen LogP contribution is -2.42. The van der Waals surface area contributed by atoms with Crippen molar-refractivity contribution < 1.29 is 4.79 Å². The molecule has 0 bridgehead atoms. The fourth-order valence-corrected chi connectivity index (χ4v) is 3.82. The van der Waals surface area contributed by atoms with E-state index in [4.69, 9.17) is 0 Å². The van der Waals surface area contributed by atoms with Crippen LogP contribution in [0.5, 0.6) is 0 Å². The van der Waals surface area contributed by atoms with E-state index in [-0.39, 0.29) is 6.03 Å². The van der Waals surface area contributed by atoms with Gasteiger partial charge in [0, 0.05) is 63.0 Å². The van der Waals surface area contributed by atoms with Crippen LogP contribution in [0.25, 0.3) is 0 Å². The maximum Gasteiger partial charge on any atom is 0.317 e. The smallest absolute Gasteiger partial charge is 0.317 e. The second-order valence-electron chi connectivity index (χ2n) is 6.32. The van der Waals surface area contributed by atoms with Crippen LogP contribution in [0.1, 0.15) is 22.6 Å². The second-order valence-corrected chi connectivity index (χ2v) is 7.26. The molecule has 1 aliphatic rings. The third-order valence-electron chi connectivity index (χ3n) is 4.48. The highest BCUT2D eigenvalue weighted by atomic mass is 32.1. The van der Waals surface area contributed by atoms with Gasteiger partial charge in [-0.1, -0.05) is 6.07 Å². The van der Waals surface area contributed by atoms with Crippen molar-refractivity contribution in [3.63, 3.8) is 0 Å². The molecule has 6 nitrogen and oxygen atoms in total. The highest BCUT2D eigenvalue weighted by molar-refractivity contribution is 7.09. The van der Waals surface area contributed by atoms with Gasteiger partial charge in [0.05, 0.1) is 11.2 Å². The molecule has 1 N–H and O–H groups in total. The number of nitrogens with zero attached hydrogens (tertiary/aromatic N) is 4. The average Bonchev–Trinajstić information content (AvgIpc) is 2.89. The van der Waals surface area contributed by atoms with Crippen molar-refractivity contribution in [3.8, 4) is 0 Å². The molecule has 0 aromatic carbocycles. The normalized spacial score (nSPS) is 15.8. The first-order valence-corrected chi connectivity index (χ1v) is 9.63. The second kappa shape index (κ2) is 8.92. The van der Waals surface area contributed by atoms with E-state index in [1.165, 1.54) is 10.4 Å². The first-order chi connectivity index (χ1) is 12.2. The van der Waals surface area contributed by atoms with E-state index in [1.807, 2.05) is 29.6 Å². The Hall–Kier alpha value is -1.99. The number of pyridine rings is 1. The van der Waals surface area contributed by atoms with Gasteiger partial charge in [-0.15, -0.1) is 11.3 Å². The number of aromatic nitrogens is 2. The van der Waals surface area contributed by atoms with Crippen molar-refractivity contribution in [1.29, 1.82) is 0 Å². The van der Waals surface area contributed by atoms with Crippen LogP contribution in [0.15, 0.2) is 30.0 Å². The van der Waals surface area contributed by atoms with E-state index >= 15 is 0 Å². The molecule has 0 atom stereocenters. The van der Waals surface area contributed by atoms with Crippen LogP contribution in [0.4, 0.5) is 4.79 Å². The van der Waals surface area contributed by atoms with E-state index in [0.717, 1.165) is 51.3 Å². The first-order valence-electron chi connectivity index (χ1n) is 8.75. The molecule has 3 rings (SSSR count). The fraction of sp³-hybridized carbons (Fsp3) is 0.500. The molecule has 2 aromatic rings. The molecule has 134 valence electrons. The van der Waals surface area contributed by atoms with E-state index in [9.17, 15) is 4.79 Å². The maximum atomic E-state index is 12.4. The van der Waals surface area contributed by atoms with Gasteiger partial charge in [0.25, 0.3) is 0 Å². The Morgan fingerprint density at radius 1 is 1.32 bits per heavy atom. The van der Waals surface area contributed by atoms with Crippen LogP contribution < -0.4 is 5.32 Å². The molecular weight excluding hydrogens is 334 g/mol. The molecular formula is C18H25N5OS. The number of carbonyl (C=O) groups is 1. The van der Waals surface area contributed by atoms with E-state index in [0.29, 0.717) is 6.54 Å². The summed E-state index contributed by atoms with van der Waals surface area (Å²) in [5.74, 6) is 0. The number of aryl methyl sites for hydroxylation is 1. The maximum absolute atomic E-state index is 12.4. The molecule has 25 heavy (non-hydrogen) atoms. The average molecular weight is 359 g/mol. The molecule has 1 saturated heterocycles. The zero-order valence-corrected chi connectivity index (χ0v) is 15.5. The summed E-state index contributed by atoms with van der Waals surface area (Å²) < 4.78 is 0. The van der Waals surface area contributed by atoms with E-state index in [2.05, 4.69) is 26.3 Å². The Balaban J connectivity index is 1.42. The van der Waals surface area contributed by atoms with E-state index in [1.54, 1.807) is 17.5 Å². The van der Waals surface area contributed by atoms with Gasteiger partial charge in [-0.05, 0) is 25.0 Å². The highest BCUT2D eigenvalue weighted by Gasteiger charge is 2.19. The van der Waals surface area contributed by atoms with Gasteiger partial charge in [-0.25, -0.2) is 9.78 Å². The van der Waals surface area contributed by atoms with Crippen LogP contribution in [-0.2, 0) is 13.0 Å². The molecule has 3 heterocycles. The minimum Gasteiger partial charge on any atom is -0.338 e. The van der Waals surface area contributed by atoms with Gasteiger partial charge < -0.3 is 10.2 Å². The van der Waals surface area contributed by atoms with Gasteiger partial charge in [-0.2, -0.15) is 0 Å². The van der Waals surface area contributed by atoms with Gasteiger partial charge >= 0.3 is 6.03 Å². The van der Waals surface area contributed by atoms with Gasteiger partial charge in [-0.3, -0.25) is 9.88 Å². The number of hydrogen-bond acceptors (Lipinski definition) is 5. The van der Waals surface area contributed by atoms with Crippen molar-refractivity contribution in [1.82, 2.24) is 25.1 Å². The molecule has 7 heteroatoms. The van der Waals surface area contributed by atoms with Crippen molar-refractivity contribution in [2.75, 3.05) is 32.7 Å². The summed E-state index contributed by atoms with van der Waals surface area (Å²) in [5.41, 5.74) is 4.15. The molecule has 0 spiro atoms. The number of hydrogen-bond donors (Lipinski definition) is 1. The third-order valence-corrected chi connectivity index (χ3v) is 5.47. The van der Waals surface area contributed by atoms with Crippen molar-refractivity contribution in [2.45, 2.75) is 26.3 Å². The van der Waals surface area contributed by atoms with Crippen LogP contribution >= 0.6 is 11.3 Å². The molecule has 0 aliphatic carbocycles. The van der Waals surface area contributed by atoms with Gasteiger partial charge in [0.1, 0.15) is 0 Å². The van der Waals surface area contributed by atoms with Crippen LogP contribution in [0, 0.1) is 6.92 Å². The Bertz CT molecular complexity index is 675. The fourth-order valence-electron chi connectivity index (χ4n) is 3.04. The number of nitrogens with one attached hydrogen (secondary N) is 1. The summed E-state index contributed by atoms with van der Waals surface area (Å²) in [6.07, 6.45) is 5.56. The monoisotopic (exact) mass is 359 g/mol. The molecule has 0 radical (unpaired) electrons. The quantitative estimate of drug-likeness (QED) is 0.890. The predicted octanol–water partition coefficient (Wildman–Crippen LogP) is 2.31. The molecule has 2 amide bonds. The first kappa shape index (κ1) is 17.8. The Morgan fingerprint density at radius 2 is 2.24 bits per heavy atom. The lowest BCUT2D eigenvalue weighted by Gasteiger charge is -2.22. The van der Waals surface area contributed by atoms with Crippen molar-refractivity contribution >= 4 is 17.4 Å².